The summed E-state index contributed by atoms with van der Waals surface area (Å²) in [4.78, 5) is 25.2. The van der Waals surface area contributed by atoms with Crippen molar-refractivity contribution in [1.82, 2.24) is 0 Å². The summed E-state index contributed by atoms with van der Waals surface area (Å²) in [6.45, 7) is 13.6. The van der Waals surface area contributed by atoms with Crippen LogP contribution in [-0.2, 0) is 0 Å². The lowest BCUT2D eigenvalue weighted by atomic mass is 9.63. The van der Waals surface area contributed by atoms with E-state index in [-0.39, 0.29) is 57.3 Å². The van der Waals surface area contributed by atoms with Crippen LogP contribution in [0.3, 0.4) is 0 Å². The van der Waals surface area contributed by atoms with Crippen LogP contribution in [0.2, 0.25) is 0 Å². The number of rotatable bonds is 2. The lowest BCUT2D eigenvalue weighted by molar-refractivity contribution is -0.0861. The lowest BCUT2D eigenvalue weighted by Crippen LogP contribution is -2.53. The van der Waals surface area contributed by atoms with Crippen LogP contribution in [0.1, 0.15) is 103 Å². The Morgan fingerprint density at radius 1 is 0.778 bits per heavy atom. The van der Waals surface area contributed by atoms with Gasteiger partial charge in [0, 0.05) is 28.5 Å². The highest BCUT2D eigenvalue weighted by atomic mass is 16.5. The van der Waals surface area contributed by atoms with Crippen molar-refractivity contribution in [3.63, 3.8) is 0 Å². The van der Waals surface area contributed by atoms with Crippen molar-refractivity contribution in [3.8, 4) is 34.5 Å². The van der Waals surface area contributed by atoms with Gasteiger partial charge in [-0.2, -0.15) is 0 Å². The molecule has 0 unspecified atom stereocenters. The van der Waals surface area contributed by atoms with E-state index >= 15 is 0 Å². The predicted octanol–water partition coefficient (Wildman–Crippen LogP) is 5.39. The number of hydrogen-bond acceptors (Lipinski definition) is 8. The number of carbonyl (C=O) groups excluding carboxylic acids is 2. The third-order valence-corrected chi connectivity index (χ3v) is 7.94. The molecule has 0 aromatic heterocycles. The van der Waals surface area contributed by atoms with Gasteiger partial charge in [0.2, 0.25) is 0 Å². The van der Waals surface area contributed by atoms with Crippen LogP contribution in [-0.4, -0.2) is 38.1 Å². The SMILES string of the molecule is CC(=O)c1c(O)c(C)c2c3c1OC(C)(C)C[C@H]3[C@H]1[C@@H](O2)c2c(O)c(C)c(O)c(C(C)=O)c2OC1(C)C. The third-order valence-electron chi connectivity index (χ3n) is 7.94. The molecule has 36 heavy (non-hydrogen) atoms. The highest BCUT2D eigenvalue weighted by Crippen LogP contribution is 2.65. The molecule has 192 valence electrons. The Morgan fingerprint density at radius 2 is 1.31 bits per heavy atom. The minimum atomic E-state index is -0.898. The number of hydrogen-bond donors (Lipinski definition) is 3. The highest BCUT2D eigenvalue weighted by Gasteiger charge is 2.58. The monoisotopic (exact) mass is 496 g/mol. The molecule has 0 radical (unpaired) electrons. The molecule has 0 fully saturated rings. The smallest absolute Gasteiger partial charge is 0.167 e. The molecule has 8 heteroatoms. The summed E-state index contributed by atoms with van der Waals surface area (Å²) in [5.74, 6) is -1.18. The molecule has 0 saturated carbocycles. The molecule has 0 bridgehead atoms. The minimum absolute atomic E-state index is 0.000662. The van der Waals surface area contributed by atoms with Gasteiger partial charge in [-0.3, -0.25) is 9.59 Å². The quantitative estimate of drug-likeness (QED) is 0.473. The number of aromatic hydroxyl groups is 3. The number of phenols is 3. The fraction of sp³-hybridized carbons (Fsp3) is 0.500. The second kappa shape index (κ2) is 7.31. The summed E-state index contributed by atoms with van der Waals surface area (Å²) in [5.41, 5.74) is 0.128. The Hall–Kier alpha value is -3.42. The first-order valence-electron chi connectivity index (χ1n) is 12.1. The molecule has 5 rings (SSSR count). The van der Waals surface area contributed by atoms with Gasteiger partial charge in [0.1, 0.15) is 62.9 Å². The third kappa shape index (κ3) is 3.06. The first-order valence-corrected chi connectivity index (χ1v) is 12.1. The normalized spacial score (nSPS) is 24.3. The zero-order valence-electron chi connectivity index (χ0n) is 21.8. The van der Waals surface area contributed by atoms with Crippen LogP contribution >= 0.6 is 0 Å². The maximum absolute atomic E-state index is 12.6. The molecule has 0 aliphatic carbocycles. The zero-order valence-corrected chi connectivity index (χ0v) is 21.8. The summed E-state index contributed by atoms with van der Waals surface area (Å²) in [5, 5.41) is 33.0. The van der Waals surface area contributed by atoms with Gasteiger partial charge in [0.15, 0.2) is 11.6 Å². The van der Waals surface area contributed by atoms with E-state index in [9.17, 15) is 24.9 Å². The number of benzene rings is 2. The molecular formula is C28H32O8. The molecule has 3 N–H and O–H groups in total. The minimum Gasteiger partial charge on any atom is -0.507 e. The van der Waals surface area contributed by atoms with E-state index in [1.807, 2.05) is 27.7 Å². The van der Waals surface area contributed by atoms with E-state index in [0.29, 0.717) is 34.6 Å². The van der Waals surface area contributed by atoms with Gasteiger partial charge in [-0.1, -0.05) is 0 Å². The molecule has 3 heterocycles. The van der Waals surface area contributed by atoms with Gasteiger partial charge in [-0.25, -0.2) is 0 Å². The van der Waals surface area contributed by atoms with Crippen molar-refractivity contribution in [2.45, 2.75) is 85.0 Å². The van der Waals surface area contributed by atoms with Gasteiger partial charge in [-0.15, -0.1) is 0 Å². The molecule has 0 saturated heterocycles. The Balaban J connectivity index is 1.88. The van der Waals surface area contributed by atoms with Crippen molar-refractivity contribution in [3.05, 3.63) is 33.4 Å². The zero-order chi connectivity index (χ0) is 26.6. The number of ether oxygens (including phenoxy) is 3. The Bertz CT molecular complexity index is 1370. The van der Waals surface area contributed by atoms with Crippen LogP contribution in [0.15, 0.2) is 0 Å². The maximum Gasteiger partial charge on any atom is 0.167 e. The van der Waals surface area contributed by atoms with E-state index in [4.69, 9.17) is 14.2 Å². The van der Waals surface area contributed by atoms with E-state index < -0.39 is 23.1 Å². The van der Waals surface area contributed by atoms with Crippen molar-refractivity contribution in [2.75, 3.05) is 0 Å². The molecular weight excluding hydrogens is 464 g/mol. The van der Waals surface area contributed by atoms with Crippen LogP contribution in [0.25, 0.3) is 0 Å². The van der Waals surface area contributed by atoms with Gasteiger partial charge in [0.25, 0.3) is 0 Å². The molecule has 3 aliphatic rings. The number of ketones is 2. The van der Waals surface area contributed by atoms with Crippen molar-refractivity contribution >= 4 is 11.6 Å². The van der Waals surface area contributed by atoms with Crippen LogP contribution in [0.5, 0.6) is 34.5 Å². The Kier molecular flexibility index (Phi) is 4.93. The van der Waals surface area contributed by atoms with Crippen molar-refractivity contribution in [1.29, 1.82) is 0 Å². The largest absolute Gasteiger partial charge is 0.507 e. The Labute approximate surface area is 209 Å². The maximum atomic E-state index is 12.6. The molecule has 3 atom stereocenters. The number of Topliss-reactive ketones (excluding diaryl/α,β-unsaturated/α-hetero) is 2. The van der Waals surface area contributed by atoms with E-state index in [1.165, 1.54) is 20.8 Å². The predicted molar refractivity (Wildman–Crippen MR) is 131 cm³/mol. The highest BCUT2D eigenvalue weighted by molar-refractivity contribution is 6.02. The van der Waals surface area contributed by atoms with Crippen LogP contribution in [0.4, 0.5) is 0 Å². The number of carbonyl (C=O) groups is 2. The summed E-state index contributed by atoms with van der Waals surface area (Å²) in [6, 6.07) is 0. The van der Waals surface area contributed by atoms with E-state index in [0.717, 1.165) is 0 Å². The van der Waals surface area contributed by atoms with Crippen molar-refractivity contribution in [2.24, 2.45) is 5.92 Å². The van der Waals surface area contributed by atoms with E-state index in [1.54, 1.807) is 6.92 Å². The van der Waals surface area contributed by atoms with Gasteiger partial charge >= 0.3 is 0 Å². The second-order valence-electron chi connectivity index (χ2n) is 11.4. The average Bonchev–Trinajstić information content (AvgIpc) is 2.73. The molecule has 0 amide bonds. The van der Waals surface area contributed by atoms with Crippen LogP contribution < -0.4 is 14.2 Å². The number of phenolic OH excluding ortho intramolecular Hbond substituents is 3. The first kappa shape index (κ1) is 24.3. The van der Waals surface area contributed by atoms with Gasteiger partial charge < -0.3 is 29.5 Å². The van der Waals surface area contributed by atoms with Crippen molar-refractivity contribution < 1.29 is 39.1 Å². The molecule has 0 spiro atoms. The second-order valence-corrected chi connectivity index (χ2v) is 11.4. The number of fused-ring (bicyclic) bond motifs is 4. The lowest BCUT2D eigenvalue weighted by Gasteiger charge is -2.54. The summed E-state index contributed by atoms with van der Waals surface area (Å²) >= 11 is 0. The average molecular weight is 497 g/mol. The fourth-order valence-corrected chi connectivity index (χ4v) is 6.40. The van der Waals surface area contributed by atoms with Gasteiger partial charge in [-0.05, 0) is 61.8 Å². The van der Waals surface area contributed by atoms with Gasteiger partial charge in [0.05, 0.1) is 5.56 Å². The van der Waals surface area contributed by atoms with Crippen LogP contribution in [0, 0.1) is 19.8 Å². The summed E-state index contributed by atoms with van der Waals surface area (Å²) < 4.78 is 19.3. The summed E-state index contributed by atoms with van der Waals surface area (Å²) in [7, 11) is 0. The summed E-state index contributed by atoms with van der Waals surface area (Å²) in [6.07, 6.45) is -0.180. The molecule has 2 aromatic rings. The van der Waals surface area contributed by atoms with E-state index in [2.05, 4.69) is 0 Å². The molecule has 8 nitrogen and oxygen atoms in total. The molecule has 3 aliphatic heterocycles. The fourth-order valence-electron chi connectivity index (χ4n) is 6.40. The topological polar surface area (TPSA) is 123 Å². The first-order chi connectivity index (χ1) is 16.6. The Morgan fingerprint density at radius 3 is 1.86 bits per heavy atom. The molecule has 2 aromatic carbocycles. The standard InChI is InChI=1S/C28H32O8/c1-10-20(31)15(12(3)29)25-18(21(10)32)26-19(28(7,8)36-25)14-9-27(5,6)35-24-16(13(4)30)22(33)11(2)23(34-26)17(14)24/h14,19,26,31-33H,9H2,1-8H3/t14-,19+,26+/m1/s1.